The highest BCUT2D eigenvalue weighted by Crippen LogP contribution is 2.33. The maximum Gasteiger partial charge on any atom is 0.171 e. The van der Waals surface area contributed by atoms with E-state index in [0.717, 1.165) is 11.3 Å². The van der Waals surface area contributed by atoms with Crippen molar-refractivity contribution in [3.8, 4) is 16.8 Å². The van der Waals surface area contributed by atoms with Gasteiger partial charge in [-0.15, -0.1) is 5.10 Å². The fourth-order valence-electron chi connectivity index (χ4n) is 1.79. The third-order valence-corrected chi connectivity index (χ3v) is 3.35. The number of hydrogen-bond donors (Lipinski definition) is 0. The largest absolute Gasteiger partial charge is 0.219 e. The van der Waals surface area contributed by atoms with Crippen LogP contribution in [0.15, 0.2) is 36.8 Å². The van der Waals surface area contributed by atoms with Crippen LogP contribution in [0.2, 0.25) is 15.2 Å². The molecular formula is C12H6Cl3N5. The standard InChI is InChI=1S/C12H6Cl3N5/c13-7-1-2-11(20-6-12(15)18-19-20)8(3-7)9-4-16-17-5-10(9)14/h1-6H. The molecule has 3 aromatic rings. The summed E-state index contributed by atoms with van der Waals surface area (Å²) >= 11 is 18.0. The molecule has 2 heterocycles. The van der Waals surface area contributed by atoms with E-state index in [1.165, 1.54) is 6.20 Å². The van der Waals surface area contributed by atoms with E-state index in [9.17, 15) is 0 Å². The van der Waals surface area contributed by atoms with Gasteiger partial charge >= 0.3 is 0 Å². The summed E-state index contributed by atoms with van der Waals surface area (Å²) in [5, 5.41) is 16.6. The number of aromatic nitrogens is 5. The second-order valence-electron chi connectivity index (χ2n) is 3.90. The second kappa shape index (κ2) is 5.36. The van der Waals surface area contributed by atoms with Crippen molar-refractivity contribution in [2.24, 2.45) is 0 Å². The lowest BCUT2D eigenvalue weighted by molar-refractivity contribution is 0.804. The van der Waals surface area contributed by atoms with Gasteiger partial charge in [-0.2, -0.15) is 10.2 Å². The Bertz CT molecular complexity index is 771. The van der Waals surface area contributed by atoms with E-state index in [1.807, 2.05) is 0 Å². The topological polar surface area (TPSA) is 56.5 Å². The second-order valence-corrected chi connectivity index (χ2v) is 5.13. The van der Waals surface area contributed by atoms with Crippen LogP contribution in [-0.4, -0.2) is 25.2 Å². The van der Waals surface area contributed by atoms with Crippen molar-refractivity contribution >= 4 is 34.8 Å². The molecule has 8 heteroatoms. The lowest BCUT2D eigenvalue weighted by Gasteiger charge is -2.10. The van der Waals surface area contributed by atoms with Crippen LogP contribution in [0.3, 0.4) is 0 Å². The zero-order valence-electron chi connectivity index (χ0n) is 9.83. The van der Waals surface area contributed by atoms with Gasteiger partial charge in [0, 0.05) is 16.1 Å². The first kappa shape index (κ1) is 13.3. The highest BCUT2D eigenvalue weighted by molar-refractivity contribution is 6.34. The van der Waals surface area contributed by atoms with Crippen LogP contribution in [0, 0.1) is 0 Å². The van der Waals surface area contributed by atoms with Crippen LogP contribution in [0.5, 0.6) is 0 Å². The molecule has 20 heavy (non-hydrogen) atoms. The lowest BCUT2D eigenvalue weighted by Crippen LogP contribution is -1.99. The number of nitrogens with zero attached hydrogens (tertiary/aromatic N) is 5. The van der Waals surface area contributed by atoms with Gasteiger partial charge < -0.3 is 0 Å². The number of hydrogen-bond acceptors (Lipinski definition) is 4. The number of halogens is 3. The molecule has 0 aliphatic heterocycles. The molecule has 0 atom stereocenters. The zero-order valence-corrected chi connectivity index (χ0v) is 12.1. The van der Waals surface area contributed by atoms with Gasteiger partial charge in [0.05, 0.1) is 29.3 Å². The van der Waals surface area contributed by atoms with Crippen molar-refractivity contribution < 1.29 is 0 Å². The molecule has 0 fully saturated rings. The van der Waals surface area contributed by atoms with Gasteiger partial charge in [-0.1, -0.05) is 40.0 Å². The monoisotopic (exact) mass is 325 g/mol. The fourth-order valence-corrected chi connectivity index (χ4v) is 2.28. The SMILES string of the molecule is Clc1ccc(-n2cc(Cl)nn2)c(-c2cnncc2Cl)c1. The molecule has 0 bridgehead atoms. The number of rotatable bonds is 2. The molecule has 0 saturated carbocycles. The average molecular weight is 327 g/mol. The van der Waals surface area contributed by atoms with Crippen molar-refractivity contribution in [3.63, 3.8) is 0 Å². The lowest BCUT2D eigenvalue weighted by atomic mass is 10.1. The fraction of sp³-hybridized carbons (Fsp3) is 0. The summed E-state index contributed by atoms with van der Waals surface area (Å²) in [4.78, 5) is 0. The molecule has 0 amide bonds. The van der Waals surface area contributed by atoms with Crippen molar-refractivity contribution in [1.29, 1.82) is 0 Å². The first-order valence-electron chi connectivity index (χ1n) is 5.49. The van der Waals surface area contributed by atoms with Gasteiger partial charge in [-0.25, -0.2) is 4.68 Å². The van der Waals surface area contributed by atoms with Gasteiger partial charge in [-0.05, 0) is 18.2 Å². The van der Waals surface area contributed by atoms with Crippen LogP contribution in [0.25, 0.3) is 16.8 Å². The van der Waals surface area contributed by atoms with Crippen LogP contribution < -0.4 is 0 Å². The predicted octanol–water partition coefficient (Wildman–Crippen LogP) is 3.68. The maximum absolute atomic E-state index is 6.16. The van der Waals surface area contributed by atoms with Crippen molar-refractivity contribution in [1.82, 2.24) is 25.2 Å². The van der Waals surface area contributed by atoms with Crippen LogP contribution in [-0.2, 0) is 0 Å². The first-order chi connectivity index (χ1) is 9.65. The molecule has 0 N–H and O–H groups in total. The van der Waals surface area contributed by atoms with E-state index in [-0.39, 0.29) is 0 Å². The Morgan fingerprint density at radius 2 is 1.75 bits per heavy atom. The molecule has 1 aromatic carbocycles. The molecular weight excluding hydrogens is 321 g/mol. The summed E-state index contributed by atoms with van der Waals surface area (Å²) in [6, 6.07) is 5.33. The molecule has 2 aromatic heterocycles. The van der Waals surface area contributed by atoms with E-state index in [4.69, 9.17) is 34.8 Å². The summed E-state index contributed by atoms with van der Waals surface area (Å²) in [6.45, 7) is 0. The van der Waals surface area contributed by atoms with E-state index < -0.39 is 0 Å². The summed E-state index contributed by atoms with van der Waals surface area (Å²) in [5.74, 6) is 0. The third kappa shape index (κ3) is 2.47. The van der Waals surface area contributed by atoms with Gasteiger partial charge in [-0.3, -0.25) is 0 Å². The molecule has 3 rings (SSSR count). The van der Waals surface area contributed by atoms with E-state index in [2.05, 4.69) is 20.5 Å². The predicted molar refractivity (Wildman–Crippen MR) is 77.4 cm³/mol. The Kier molecular flexibility index (Phi) is 3.56. The van der Waals surface area contributed by atoms with Crippen molar-refractivity contribution in [3.05, 3.63) is 52.0 Å². The molecule has 0 spiro atoms. The van der Waals surface area contributed by atoms with E-state index in [1.54, 1.807) is 35.3 Å². The molecule has 0 aliphatic rings. The smallest absolute Gasteiger partial charge is 0.171 e. The molecule has 100 valence electrons. The van der Waals surface area contributed by atoms with Crippen molar-refractivity contribution in [2.45, 2.75) is 0 Å². The highest BCUT2D eigenvalue weighted by atomic mass is 35.5. The Morgan fingerprint density at radius 3 is 2.45 bits per heavy atom. The molecule has 0 saturated heterocycles. The summed E-state index contributed by atoms with van der Waals surface area (Å²) in [5.41, 5.74) is 2.20. The summed E-state index contributed by atoms with van der Waals surface area (Å²) < 4.78 is 1.55. The quantitative estimate of drug-likeness (QED) is 0.721. The van der Waals surface area contributed by atoms with Crippen molar-refractivity contribution in [2.75, 3.05) is 0 Å². The summed E-state index contributed by atoms with van der Waals surface area (Å²) in [6.07, 6.45) is 4.63. The first-order valence-corrected chi connectivity index (χ1v) is 6.63. The molecule has 0 radical (unpaired) electrons. The molecule has 0 unspecified atom stereocenters. The molecule has 5 nitrogen and oxygen atoms in total. The van der Waals surface area contributed by atoms with Crippen LogP contribution in [0.1, 0.15) is 0 Å². The molecule has 0 aliphatic carbocycles. The van der Waals surface area contributed by atoms with Crippen LogP contribution >= 0.6 is 34.8 Å². The maximum atomic E-state index is 6.16. The van der Waals surface area contributed by atoms with E-state index >= 15 is 0 Å². The highest BCUT2D eigenvalue weighted by Gasteiger charge is 2.13. The van der Waals surface area contributed by atoms with Gasteiger partial charge in [0.2, 0.25) is 0 Å². The zero-order chi connectivity index (χ0) is 14.1. The third-order valence-electron chi connectivity index (χ3n) is 2.64. The average Bonchev–Trinajstić information content (AvgIpc) is 2.86. The minimum atomic E-state index is 0.296. The Labute approximate surface area is 129 Å². The Morgan fingerprint density at radius 1 is 0.950 bits per heavy atom. The van der Waals surface area contributed by atoms with E-state index in [0.29, 0.717) is 20.8 Å². The van der Waals surface area contributed by atoms with Crippen LogP contribution in [0.4, 0.5) is 0 Å². The normalized spacial score (nSPS) is 10.8. The Hall–Kier alpha value is -1.69. The Balaban J connectivity index is 2.24. The number of benzene rings is 1. The van der Waals surface area contributed by atoms with Gasteiger partial charge in [0.1, 0.15) is 0 Å². The van der Waals surface area contributed by atoms with Gasteiger partial charge in [0.25, 0.3) is 0 Å². The minimum Gasteiger partial charge on any atom is -0.219 e. The minimum absolute atomic E-state index is 0.296. The van der Waals surface area contributed by atoms with Gasteiger partial charge in [0.15, 0.2) is 5.15 Å². The summed E-state index contributed by atoms with van der Waals surface area (Å²) in [7, 11) is 0.